The lowest BCUT2D eigenvalue weighted by Crippen LogP contribution is -2.08. The Balaban J connectivity index is 2.24. The Morgan fingerprint density at radius 3 is 2.42 bits per heavy atom. The van der Waals surface area contributed by atoms with Gasteiger partial charge in [0, 0.05) is 6.04 Å². The first-order valence-electron chi connectivity index (χ1n) is 5.82. The van der Waals surface area contributed by atoms with Gasteiger partial charge in [-0.15, -0.1) is 0 Å². The Kier molecular flexibility index (Phi) is 3.76. The Bertz CT molecular complexity index is 615. The molecule has 96 valence electrons. The van der Waals surface area contributed by atoms with E-state index in [0.717, 1.165) is 5.56 Å². The van der Waals surface area contributed by atoms with Gasteiger partial charge < -0.3 is 5.32 Å². The predicted octanol–water partition coefficient (Wildman–Crippen LogP) is 4.01. The highest BCUT2D eigenvalue weighted by molar-refractivity contribution is 5.58. The zero-order chi connectivity index (χ0) is 13.8. The molecule has 0 saturated carbocycles. The molecule has 1 N–H and O–H groups in total. The van der Waals surface area contributed by atoms with Gasteiger partial charge in [0.1, 0.15) is 23.3 Å². The second-order valence-corrected chi connectivity index (χ2v) is 4.19. The standard InChI is InChI=1S/C15H12F2N2/c1-10(11-5-7-12(16)8-6-11)19-15-4-2-3-14(17)13(15)9-18/h2-8,10,19H,1H3. The van der Waals surface area contributed by atoms with E-state index in [2.05, 4.69) is 5.32 Å². The van der Waals surface area contributed by atoms with Crippen molar-refractivity contribution >= 4 is 5.69 Å². The molecule has 0 aliphatic heterocycles. The molecule has 0 bridgehead atoms. The normalized spacial score (nSPS) is 11.7. The van der Waals surface area contributed by atoms with E-state index in [1.165, 1.54) is 24.3 Å². The van der Waals surface area contributed by atoms with Gasteiger partial charge in [0.05, 0.1) is 5.69 Å². The highest BCUT2D eigenvalue weighted by Crippen LogP contribution is 2.23. The Morgan fingerprint density at radius 1 is 1.11 bits per heavy atom. The van der Waals surface area contributed by atoms with Crippen LogP contribution in [-0.2, 0) is 0 Å². The summed E-state index contributed by atoms with van der Waals surface area (Å²) in [6.07, 6.45) is 0. The van der Waals surface area contributed by atoms with Crippen LogP contribution in [0.2, 0.25) is 0 Å². The lowest BCUT2D eigenvalue weighted by atomic mass is 10.1. The molecule has 2 aromatic carbocycles. The van der Waals surface area contributed by atoms with E-state index in [1.54, 1.807) is 18.2 Å². The molecule has 1 unspecified atom stereocenters. The number of hydrogen-bond donors (Lipinski definition) is 1. The average Bonchev–Trinajstić information content (AvgIpc) is 2.39. The number of nitrogens with one attached hydrogen (secondary N) is 1. The first kappa shape index (κ1) is 13.0. The Hall–Kier alpha value is -2.41. The average molecular weight is 258 g/mol. The molecule has 2 aromatic rings. The highest BCUT2D eigenvalue weighted by atomic mass is 19.1. The van der Waals surface area contributed by atoms with Gasteiger partial charge in [-0.2, -0.15) is 5.26 Å². The minimum Gasteiger partial charge on any atom is -0.377 e. The molecule has 4 heteroatoms. The maximum absolute atomic E-state index is 13.4. The Labute approximate surface area is 110 Å². The summed E-state index contributed by atoms with van der Waals surface area (Å²) in [6, 6.07) is 12.1. The van der Waals surface area contributed by atoms with E-state index in [-0.39, 0.29) is 17.4 Å². The second-order valence-electron chi connectivity index (χ2n) is 4.19. The van der Waals surface area contributed by atoms with Crippen molar-refractivity contribution in [2.24, 2.45) is 0 Å². The van der Waals surface area contributed by atoms with E-state index in [1.807, 2.05) is 13.0 Å². The molecule has 0 aliphatic rings. The molecular weight excluding hydrogens is 246 g/mol. The molecule has 1 atom stereocenters. The van der Waals surface area contributed by atoms with Crippen molar-refractivity contribution in [3.8, 4) is 6.07 Å². The summed E-state index contributed by atoms with van der Waals surface area (Å²) in [5.74, 6) is -0.863. The van der Waals surface area contributed by atoms with E-state index < -0.39 is 5.82 Å². The van der Waals surface area contributed by atoms with E-state index in [4.69, 9.17) is 5.26 Å². The predicted molar refractivity (Wildman–Crippen MR) is 69.6 cm³/mol. The molecule has 19 heavy (non-hydrogen) atoms. The Morgan fingerprint density at radius 2 is 1.79 bits per heavy atom. The first-order valence-corrected chi connectivity index (χ1v) is 5.82. The number of benzene rings is 2. The minimum absolute atomic E-state index is 0.0172. The minimum atomic E-state index is -0.557. The van der Waals surface area contributed by atoms with Crippen molar-refractivity contribution < 1.29 is 8.78 Å². The molecule has 0 radical (unpaired) electrons. The summed E-state index contributed by atoms with van der Waals surface area (Å²) in [6.45, 7) is 1.86. The molecule has 0 amide bonds. The van der Waals surface area contributed by atoms with Crippen molar-refractivity contribution in [1.82, 2.24) is 0 Å². The van der Waals surface area contributed by atoms with Crippen LogP contribution in [0.15, 0.2) is 42.5 Å². The number of anilines is 1. The smallest absolute Gasteiger partial charge is 0.143 e. The van der Waals surface area contributed by atoms with Gasteiger partial charge in [-0.25, -0.2) is 8.78 Å². The number of rotatable bonds is 3. The SMILES string of the molecule is CC(Nc1cccc(F)c1C#N)c1ccc(F)cc1. The van der Waals surface area contributed by atoms with E-state index >= 15 is 0 Å². The fraction of sp³-hybridized carbons (Fsp3) is 0.133. The largest absolute Gasteiger partial charge is 0.377 e. The fourth-order valence-corrected chi connectivity index (χ4v) is 1.83. The van der Waals surface area contributed by atoms with Crippen molar-refractivity contribution in [2.45, 2.75) is 13.0 Å². The summed E-state index contributed by atoms with van der Waals surface area (Å²) in [7, 11) is 0. The lowest BCUT2D eigenvalue weighted by molar-refractivity contribution is 0.624. The summed E-state index contributed by atoms with van der Waals surface area (Å²) in [5, 5.41) is 12.0. The third-order valence-electron chi connectivity index (χ3n) is 2.87. The summed E-state index contributed by atoms with van der Waals surface area (Å²) >= 11 is 0. The van der Waals surface area contributed by atoms with Gasteiger partial charge in [0.15, 0.2) is 0 Å². The third kappa shape index (κ3) is 2.89. The molecule has 0 fully saturated rings. The quantitative estimate of drug-likeness (QED) is 0.902. The number of halogens is 2. The van der Waals surface area contributed by atoms with Crippen molar-refractivity contribution in [3.05, 3.63) is 65.2 Å². The molecule has 2 nitrogen and oxygen atoms in total. The molecule has 0 heterocycles. The third-order valence-corrected chi connectivity index (χ3v) is 2.87. The van der Waals surface area contributed by atoms with Gasteiger partial charge in [-0.05, 0) is 36.8 Å². The van der Waals surface area contributed by atoms with Crippen LogP contribution in [-0.4, -0.2) is 0 Å². The number of hydrogen-bond acceptors (Lipinski definition) is 2. The van der Waals surface area contributed by atoms with Gasteiger partial charge in [-0.1, -0.05) is 18.2 Å². The van der Waals surface area contributed by atoms with Crippen LogP contribution in [0.3, 0.4) is 0 Å². The van der Waals surface area contributed by atoms with Gasteiger partial charge in [-0.3, -0.25) is 0 Å². The van der Waals surface area contributed by atoms with Crippen LogP contribution in [0.4, 0.5) is 14.5 Å². The van der Waals surface area contributed by atoms with Crippen LogP contribution in [0.25, 0.3) is 0 Å². The van der Waals surface area contributed by atoms with Crippen molar-refractivity contribution in [2.75, 3.05) is 5.32 Å². The number of nitrogens with zero attached hydrogens (tertiary/aromatic N) is 1. The van der Waals surface area contributed by atoms with Crippen LogP contribution < -0.4 is 5.32 Å². The highest BCUT2D eigenvalue weighted by Gasteiger charge is 2.11. The number of nitriles is 1. The molecule has 0 aliphatic carbocycles. The van der Waals surface area contributed by atoms with Crippen molar-refractivity contribution in [3.63, 3.8) is 0 Å². The van der Waals surface area contributed by atoms with Crippen LogP contribution in [0, 0.1) is 23.0 Å². The summed E-state index contributed by atoms with van der Waals surface area (Å²) in [5.41, 5.74) is 1.27. The van der Waals surface area contributed by atoms with Gasteiger partial charge in [0.25, 0.3) is 0 Å². The molecule has 0 aromatic heterocycles. The monoisotopic (exact) mass is 258 g/mol. The van der Waals surface area contributed by atoms with Crippen molar-refractivity contribution in [1.29, 1.82) is 5.26 Å². The van der Waals surface area contributed by atoms with Crippen LogP contribution in [0.1, 0.15) is 24.1 Å². The maximum Gasteiger partial charge on any atom is 0.143 e. The van der Waals surface area contributed by atoms with Crippen LogP contribution in [0.5, 0.6) is 0 Å². The fourth-order valence-electron chi connectivity index (χ4n) is 1.83. The van der Waals surface area contributed by atoms with E-state index in [0.29, 0.717) is 5.69 Å². The molecule has 0 saturated heterocycles. The molecular formula is C15H12F2N2. The zero-order valence-electron chi connectivity index (χ0n) is 10.3. The maximum atomic E-state index is 13.4. The van der Waals surface area contributed by atoms with Gasteiger partial charge >= 0.3 is 0 Å². The van der Waals surface area contributed by atoms with Gasteiger partial charge in [0.2, 0.25) is 0 Å². The molecule has 2 rings (SSSR count). The zero-order valence-corrected chi connectivity index (χ0v) is 10.3. The lowest BCUT2D eigenvalue weighted by Gasteiger charge is -2.16. The first-order chi connectivity index (χ1) is 9.11. The topological polar surface area (TPSA) is 35.8 Å². The molecule has 0 spiro atoms. The van der Waals surface area contributed by atoms with E-state index in [9.17, 15) is 8.78 Å². The van der Waals surface area contributed by atoms with Crippen LogP contribution >= 0.6 is 0 Å². The summed E-state index contributed by atoms with van der Waals surface area (Å²) in [4.78, 5) is 0. The second kappa shape index (κ2) is 5.49. The summed E-state index contributed by atoms with van der Waals surface area (Å²) < 4.78 is 26.3.